The van der Waals surface area contributed by atoms with E-state index in [9.17, 15) is 4.79 Å². The van der Waals surface area contributed by atoms with Gasteiger partial charge in [0.2, 0.25) is 6.79 Å². The molecule has 0 spiro atoms. The molecule has 178 valence electrons. The highest BCUT2D eigenvalue weighted by molar-refractivity contribution is 6.09. The topological polar surface area (TPSA) is 75.7 Å². The van der Waals surface area contributed by atoms with Crippen molar-refractivity contribution in [1.29, 1.82) is 0 Å². The van der Waals surface area contributed by atoms with Crippen LogP contribution in [0.1, 0.15) is 24.9 Å². The van der Waals surface area contributed by atoms with Crippen molar-refractivity contribution in [3.63, 3.8) is 0 Å². The number of methoxy groups -OCH3 is 4. The first-order valence-electron chi connectivity index (χ1n) is 10.9. The maximum absolute atomic E-state index is 12.4. The largest absolute Gasteiger partial charge is 0.496 e. The van der Waals surface area contributed by atoms with Crippen LogP contribution in [0.2, 0.25) is 0 Å². The molecular weight excluding hydrogens is 438 g/mol. The van der Waals surface area contributed by atoms with Crippen LogP contribution in [0.15, 0.2) is 24.3 Å². The Morgan fingerprint density at radius 2 is 1.56 bits per heavy atom. The molecule has 2 aliphatic heterocycles. The molecule has 0 bridgehead atoms. The number of hydrogen-bond donors (Lipinski definition) is 0. The van der Waals surface area contributed by atoms with E-state index in [0.29, 0.717) is 40.9 Å². The van der Waals surface area contributed by atoms with Crippen molar-refractivity contribution in [1.82, 2.24) is 0 Å². The van der Waals surface area contributed by atoms with E-state index in [1.54, 1.807) is 35.4 Å². The lowest BCUT2D eigenvalue weighted by molar-refractivity contribution is -0.117. The predicted octanol–water partition coefficient (Wildman–Crippen LogP) is 4.74. The van der Waals surface area contributed by atoms with E-state index in [-0.39, 0.29) is 18.6 Å². The maximum atomic E-state index is 12.4. The molecule has 0 aliphatic carbocycles. The van der Waals surface area contributed by atoms with Crippen molar-refractivity contribution in [3.05, 3.63) is 29.8 Å². The van der Waals surface area contributed by atoms with Crippen LogP contribution in [0.4, 0.5) is 5.69 Å². The standard InChI is InChI=1S/C26H27NO7/c1-13(28)7-17-24-23(21(32-6)11-22-26(24)34-12-33-22)16-10-18(29-3)14-8-19(30-4)20(31-5)9-15(14)25(16)27(17)2/h8-11,17H,7,12H2,1-6H3/t17-/m1/s1. The zero-order chi connectivity index (χ0) is 24.1. The van der Waals surface area contributed by atoms with Crippen LogP contribution >= 0.6 is 0 Å². The number of hydrogen-bond acceptors (Lipinski definition) is 8. The SMILES string of the molecule is COc1cc2c(OC)cc3c(c2cc1OC)N(C)[C@H](CC(C)=O)c1c2c(cc(OC)c1-3)OCO2. The summed E-state index contributed by atoms with van der Waals surface area (Å²) in [6.07, 6.45) is 0.298. The third kappa shape index (κ3) is 3.09. The molecule has 0 N–H and O–H groups in total. The van der Waals surface area contributed by atoms with Crippen LogP contribution < -0.4 is 33.3 Å². The first kappa shape index (κ1) is 22.0. The van der Waals surface area contributed by atoms with Crippen molar-refractivity contribution in [3.8, 4) is 45.6 Å². The van der Waals surface area contributed by atoms with Gasteiger partial charge in [-0.2, -0.15) is 0 Å². The van der Waals surface area contributed by atoms with E-state index >= 15 is 0 Å². The van der Waals surface area contributed by atoms with Gasteiger partial charge in [0.25, 0.3) is 0 Å². The van der Waals surface area contributed by atoms with Crippen molar-refractivity contribution in [2.75, 3.05) is 47.2 Å². The number of rotatable bonds is 6. The molecule has 3 aromatic rings. The number of nitrogens with zero attached hydrogens (tertiary/aromatic N) is 1. The summed E-state index contributed by atoms with van der Waals surface area (Å²) < 4.78 is 34.4. The van der Waals surface area contributed by atoms with E-state index < -0.39 is 0 Å². The van der Waals surface area contributed by atoms with Gasteiger partial charge in [0.15, 0.2) is 23.0 Å². The fraction of sp³-hybridized carbons (Fsp3) is 0.346. The van der Waals surface area contributed by atoms with Crippen molar-refractivity contribution in [2.45, 2.75) is 19.4 Å². The van der Waals surface area contributed by atoms with Gasteiger partial charge >= 0.3 is 0 Å². The minimum Gasteiger partial charge on any atom is -0.496 e. The number of fused-ring (bicyclic) bond motifs is 7. The van der Waals surface area contributed by atoms with Gasteiger partial charge in [-0.15, -0.1) is 0 Å². The van der Waals surface area contributed by atoms with E-state index in [2.05, 4.69) is 4.90 Å². The van der Waals surface area contributed by atoms with Gasteiger partial charge in [0.05, 0.1) is 40.2 Å². The molecule has 2 heterocycles. The Morgan fingerprint density at radius 1 is 0.912 bits per heavy atom. The third-order valence-corrected chi connectivity index (χ3v) is 6.58. The van der Waals surface area contributed by atoms with Gasteiger partial charge < -0.3 is 33.3 Å². The number of carbonyl (C=O) groups excluding carboxylic acids is 1. The molecule has 5 rings (SSSR count). The van der Waals surface area contributed by atoms with Crippen LogP contribution in [-0.4, -0.2) is 48.1 Å². The Morgan fingerprint density at radius 3 is 2.18 bits per heavy atom. The number of anilines is 1. The fourth-order valence-electron chi connectivity index (χ4n) is 5.10. The minimum absolute atomic E-state index is 0.0683. The minimum atomic E-state index is -0.282. The summed E-state index contributed by atoms with van der Waals surface area (Å²) in [5.74, 6) is 3.85. The molecule has 8 heteroatoms. The normalized spacial score (nSPS) is 15.6. The number of carbonyl (C=O) groups is 1. The van der Waals surface area contributed by atoms with E-state index in [1.807, 2.05) is 31.3 Å². The fourth-order valence-corrected chi connectivity index (χ4v) is 5.10. The molecule has 0 fully saturated rings. The Labute approximate surface area is 197 Å². The summed E-state index contributed by atoms with van der Waals surface area (Å²) in [4.78, 5) is 14.5. The molecule has 0 aromatic heterocycles. The molecule has 0 saturated carbocycles. The van der Waals surface area contributed by atoms with Gasteiger partial charge in [0.1, 0.15) is 17.3 Å². The Hall–Kier alpha value is -3.81. The second-order valence-electron chi connectivity index (χ2n) is 8.36. The van der Waals surface area contributed by atoms with Gasteiger partial charge in [-0.25, -0.2) is 0 Å². The maximum Gasteiger partial charge on any atom is 0.231 e. The summed E-state index contributed by atoms with van der Waals surface area (Å²) in [7, 11) is 8.47. The Kier molecular flexibility index (Phi) is 5.31. The monoisotopic (exact) mass is 465 g/mol. The number of Topliss-reactive ketones (excluding diaryl/α,β-unsaturated/α-hetero) is 1. The van der Waals surface area contributed by atoms with Gasteiger partial charge in [0, 0.05) is 47.0 Å². The lowest BCUT2D eigenvalue weighted by Gasteiger charge is -2.39. The average molecular weight is 466 g/mol. The molecule has 1 atom stereocenters. The van der Waals surface area contributed by atoms with E-state index in [1.165, 1.54) is 0 Å². The molecule has 8 nitrogen and oxygen atoms in total. The average Bonchev–Trinajstić information content (AvgIpc) is 3.31. The lowest BCUT2D eigenvalue weighted by Crippen LogP contribution is -2.30. The summed E-state index contributed by atoms with van der Waals surface area (Å²) in [6, 6.07) is 7.41. The molecule has 0 saturated heterocycles. The quantitative estimate of drug-likeness (QED) is 0.517. The van der Waals surface area contributed by atoms with Crippen LogP contribution in [0, 0.1) is 0 Å². The highest BCUT2D eigenvalue weighted by Crippen LogP contribution is 2.59. The molecular formula is C26H27NO7. The molecule has 0 amide bonds. The summed E-state index contributed by atoms with van der Waals surface area (Å²) in [5.41, 5.74) is 3.58. The molecule has 3 aromatic carbocycles. The lowest BCUT2D eigenvalue weighted by atomic mass is 9.83. The highest BCUT2D eigenvalue weighted by atomic mass is 16.7. The third-order valence-electron chi connectivity index (χ3n) is 6.58. The predicted molar refractivity (Wildman–Crippen MR) is 128 cm³/mol. The smallest absolute Gasteiger partial charge is 0.231 e. The summed E-state index contributed by atoms with van der Waals surface area (Å²) in [6.45, 7) is 1.72. The zero-order valence-corrected chi connectivity index (χ0v) is 20.1. The second kappa shape index (κ2) is 8.20. The Bertz CT molecular complexity index is 1320. The van der Waals surface area contributed by atoms with Gasteiger partial charge in [-0.3, -0.25) is 4.79 Å². The zero-order valence-electron chi connectivity index (χ0n) is 20.1. The van der Waals surface area contributed by atoms with Crippen LogP contribution in [0.25, 0.3) is 21.9 Å². The first-order chi connectivity index (χ1) is 16.4. The van der Waals surface area contributed by atoms with Gasteiger partial charge in [-0.1, -0.05) is 0 Å². The van der Waals surface area contributed by atoms with E-state index in [4.69, 9.17) is 28.4 Å². The molecule has 34 heavy (non-hydrogen) atoms. The Balaban J connectivity index is 1.93. The molecule has 2 aliphatic rings. The highest BCUT2D eigenvalue weighted by Gasteiger charge is 2.39. The number of ether oxygens (including phenoxy) is 6. The summed E-state index contributed by atoms with van der Waals surface area (Å²) in [5, 5.41) is 1.78. The molecule has 0 radical (unpaired) electrons. The number of ketones is 1. The van der Waals surface area contributed by atoms with Crippen LogP contribution in [-0.2, 0) is 4.79 Å². The second-order valence-corrected chi connectivity index (χ2v) is 8.36. The van der Waals surface area contributed by atoms with Crippen molar-refractivity contribution in [2.24, 2.45) is 0 Å². The van der Waals surface area contributed by atoms with Crippen molar-refractivity contribution >= 4 is 22.2 Å². The van der Waals surface area contributed by atoms with Gasteiger partial charge in [-0.05, 0) is 25.1 Å². The number of benzene rings is 3. The van der Waals surface area contributed by atoms with Crippen LogP contribution in [0.5, 0.6) is 34.5 Å². The summed E-state index contributed by atoms with van der Waals surface area (Å²) >= 11 is 0. The van der Waals surface area contributed by atoms with E-state index in [0.717, 1.165) is 33.2 Å². The molecule has 0 unspecified atom stereocenters. The van der Waals surface area contributed by atoms with Crippen LogP contribution in [0.3, 0.4) is 0 Å². The first-order valence-corrected chi connectivity index (χ1v) is 10.9. The van der Waals surface area contributed by atoms with Crippen molar-refractivity contribution < 1.29 is 33.2 Å².